The van der Waals surface area contributed by atoms with Gasteiger partial charge in [0, 0.05) is 17.3 Å². The Kier molecular flexibility index (Phi) is 4.19. The van der Waals surface area contributed by atoms with Crippen LogP contribution in [0.4, 0.5) is 23.0 Å². The maximum Gasteiger partial charge on any atom is 0.353 e. The molecule has 2 N–H and O–H groups in total. The van der Waals surface area contributed by atoms with Crippen molar-refractivity contribution in [1.29, 1.82) is 0 Å². The molecule has 4 aliphatic carbocycles. The number of benzene rings is 1. The summed E-state index contributed by atoms with van der Waals surface area (Å²) in [5, 5.41) is 18.7. The first-order valence-corrected chi connectivity index (χ1v) is 11.0. The topological polar surface area (TPSA) is 111 Å². The molecule has 1 aromatic carbocycles. The van der Waals surface area contributed by atoms with Gasteiger partial charge in [0.15, 0.2) is 11.5 Å². The lowest BCUT2D eigenvalue weighted by molar-refractivity contribution is -0.383. The Balaban J connectivity index is 1.31. The predicted octanol–water partition coefficient (Wildman–Crippen LogP) is 4.28. The van der Waals surface area contributed by atoms with Gasteiger partial charge in [-0.05, 0) is 68.4 Å². The summed E-state index contributed by atoms with van der Waals surface area (Å²) in [5.41, 5.74) is 0.447. The SMILES string of the molecule is O=[N+]([O-])c1c(Nc2ccc3c(c2)OCCO3)ncnc1NC12CC3CC(CC(C3)C1)C2. The molecule has 0 spiro atoms. The Morgan fingerprint density at radius 1 is 0.968 bits per heavy atom. The van der Waals surface area contributed by atoms with Crippen molar-refractivity contribution in [3.63, 3.8) is 0 Å². The number of nitrogens with zero attached hydrogens (tertiary/aromatic N) is 3. The molecule has 162 valence electrons. The van der Waals surface area contributed by atoms with Gasteiger partial charge >= 0.3 is 5.69 Å². The smallest absolute Gasteiger partial charge is 0.353 e. The van der Waals surface area contributed by atoms with Gasteiger partial charge in [-0.25, -0.2) is 9.97 Å². The van der Waals surface area contributed by atoms with Gasteiger partial charge in [-0.1, -0.05) is 0 Å². The van der Waals surface area contributed by atoms with E-state index in [4.69, 9.17) is 9.47 Å². The number of hydrogen-bond donors (Lipinski definition) is 2. The summed E-state index contributed by atoms with van der Waals surface area (Å²) in [6.45, 7) is 0.986. The van der Waals surface area contributed by atoms with Crippen molar-refractivity contribution in [2.75, 3.05) is 23.8 Å². The molecule has 4 bridgehead atoms. The lowest BCUT2D eigenvalue weighted by Gasteiger charge is -2.57. The van der Waals surface area contributed by atoms with Gasteiger partial charge in [0.05, 0.1) is 4.92 Å². The molecular formula is C22H25N5O4. The number of aromatic nitrogens is 2. The largest absolute Gasteiger partial charge is 0.486 e. The molecule has 0 amide bonds. The van der Waals surface area contributed by atoms with Gasteiger partial charge in [0.1, 0.15) is 19.5 Å². The van der Waals surface area contributed by atoms with Gasteiger partial charge < -0.3 is 20.1 Å². The highest BCUT2D eigenvalue weighted by Crippen LogP contribution is 2.57. The number of anilines is 3. The molecule has 0 saturated heterocycles. The maximum absolute atomic E-state index is 12.1. The molecule has 7 rings (SSSR count). The summed E-state index contributed by atoms with van der Waals surface area (Å²) >= 11 is 0. The Morgan fingerprint density at radius 3 is 2.29 bits per heavy atom. The summed E-state index contributed by atoms with van der Waals surface area (Å²) < 4.78 is 11.2. The standard InChI is InChI=1S/C22H25N5O4/c28-27(29)19-20(25-16-1-2-17-18(8-16)31-4-3-30-17)23-12-24-21(19)26-22-9-13-5-14(10-22)7-15(6-13)11-22/h1-2,8,12-15H,3-7,9-11H2,(H2,23,24,25,26). The lowest BCUT2D eigenvalue weighted by Crippen LogP contribution is -2.55. The highest BCUT2D eigenvalue weighted by molar-refractivity contribution is 5.75. The van der Waals surface area contributed by atoms with Crippen LogP contribution in [0.25, 0.3) is 0 Å². The molecule has 0 radical (unpaired) electrons. The minimum atomic E-state index is -0.400. The molecule has 1 aromatic heterocycles. The number of nitrogens with one attached hydrogen (secondary N) is 2. The molecule has 9 heteroatoms. The molecule has 9 nitrogen and oxygen atoms in total. The van der Waals surface area contributed by atoms with Crippen molar-refractivity contribution in [3.05, 3.63) is 34.6 Å². The zero-order valence-corrected chi connectivity index (χ0v) is 17.2. The number of hydrogen-bond acceptors (Lipinski definition) is 8. The molecule has 0 unspecified atom stereocenters. The van der Waals surface area contributed by atoms with Gasteiger partial charge in [-0.3, -0.25) is 10.1 Å². The van der Waals surface area contributed by atoms with Crippen LogP contribution in [-0.2, 0) is 0 Å². The summed E-state index contributed by atoms with van der Waals surface area (Å²) in [4.78, 5) is 20.1. The van der Waals surface area contributed by atoms with Crippen LogP contribution in [0.15, 0.2) is 24.5 Å². The van der Waals surface area contributed by atoms with Crippen LogP contribution in [0, 0.1) is 27.9 Å². The molecule has 4 saturated carbocycles. The Labute approximate surface area is 179 Å². The van der Waals surface area contributed by atoms with E-state index in [1.807, 2.05) is 0 Å². The van der Waals surface area contributed by atoms with Crippen LogP contribution >= 0.6 is 0 Å². The first-order valence-electron chi connectivity index (χ1n) is 11.0. The quantitative estimate of drug-likeness (QED) is 0.541. The second-order valence-corrected chi connectivity index (χ2v) is 9.48. The second-order valence-electron chi connectivity index (χ2n) is 9.48. The fraction of sp³-hybridized carbons (Fsp3) is 0.545. The van der Waals surface area contributed by atoms with Gasteiger partial charge in [0.2, 0.25) is 11.6 Å². The average molecular weight is 423 g/mol. The van der Waals surface area contributed by atoms with Gasteiger partial charge in [-0.2, -0.15) is 0 Å². The molecule has 31 heavy (non-hydrogen) atoms. The molecular weight excluding hydrogens is 398 g/mol. The van der Waals surface area contributed by atoms with E-state index in [9.17, 15) is 10.1 Å². The summed E-state index contributed by atoms with van der Waals surface area (Å²) in [7, 11) is 0. The summed E-state index contributed by atoms with van der Waals surface area (Å²) in [6.07, 6.45) is 8.54. The minimum absolute atomic E-state index is 0.0812. The summed E-state index contributed by atoms with van der Waals surface area (Å²) in [6, 6.07) is 5.36. The lowest BCUT2D eigenvalue weighted by atomic mass is 9.53. The van der Waals surface area contributed by atoms with Crippen LogP contribution in [0.5, 0.6) is 11.5 Å². The van der Waals surface area contributed by atoms with Crippen molar-refractivity contribution in [2.24, 2.45) is 17.8 Å². The molecule has 5 aliphatic rings. The number of ether oxygens (including phenoxy) is 2. The van der Waals surface area contributed by atoms with Crippen molar-refractivity contribution in [2.45, 2.75) is 44.1 Å². The normalized spacial score (nSPS) is 30.1. The molecule has 4 fully saturated rings. The predicted molar refractivity (Wildman–Crippen MR) is 114 cm³/mol. The van der Waals surface area contributed by atoms with Crippen molar-refractivity contribution in [3.8, 4) is 11.5 Å². The van der Waals surface area contributed by atoms with Crippen molar-refractivity contribution in [1.82, 2.24) is 9.97 Å². The average Bonchev–Trinajstić information content (AvgIpc) is 2.72. The Hall–Kier alpha value is -3.10. The molecule has 0 atom stereocenters. The maximum atomic E-state index is 12.1. The highest BCUT2D eigenvalue weighted by atomic mass is 16.6. The first kappa shape index (κ1) is 18.7. The number of rotatable bonds is 5. The number of fused-ring (bicyclic) bond motifs is 1. The van der Waals surface area contributed by atoms with Crippen molar-refractivity contribution < 1.29 is 14.4 Å². The second kappa shape index (κ2) is 6.96. The zero-order chi connectivity index (χ0) is 21.0. The fourth-order valence-corrected chi connectivity index (χ4v) is 6.51. The van der Waals surface area contributed by atoms with Crippen LogP contribution in [0.3, 0.4) is 0 Å². The van der Waals surface area contributed by atoms with E-state index in [0.717, 1.165) is 37.0 Å². The molecule has 2 heterocycles. The third kappa shape index (κ3) is 3.32. The highest BCUT2D eigenvalue weighted by Gasteiger charge is 2.51. The van der Waals surface area contributed by atoms with E-state index in [-0.39, 0.29) is 17.0 Å². The monoisotopic (exact) mass is 423 g/mol. The van der Waals surface area contributed by atoms with Crippen LogP contribution < -0.4 is 20.1 Å². The van der Waals surface area contributed by atoms with Crippen LogP contribution in [0.2, 0.25) is 0 Å². The Bertz CT molecular complexity index is 1010. The minimum Gasteiger partial charge on any atom is -0.486 e. The number of nitro groups is 1. The zero-order valence-electron chi connectivity index (χ0n) is 17.2. The van der Waals surface area contributed by atoms with Gasteiger partial charge in [-0.15, -0.1) is 0 Å². The van der Waals surface area contributed by atoms with E-state index >= 15 is 0 Å². The molecule has 2 aromatic rings. The molecule has 1 aliphatic heterocycles. The third-order valence-corrected chi connectivity index (χ3v) is 7.23. The van der Waals surface area contributed by atoms with E-state index in [0.29, 0.717) is 36.2 Å². The van der Waals surface area contributed by atoms with Gasteiger partial charge in [0.25, 0.3) is 0 Å². The van der Waals surface area contributed by atoms with Crippen LogP contribution in [-0.4, -0.2) is 33.6 Å². The Morgan fingerprint density at radius 2 is 1.61 bits per heavy atom. The van der Waals surface area contributed by atoms with E-state index < -0.39 is 4.92 Å². The third-order valence-electron chi connectivity index (χ3n) is 7.23. The van der Waals surface area contributed by atoms with Crippen molar-refractivity contribution >= 4 is 23.0 Å². The van der Waals surface area contributed by atoms with E-state index in [1.165, 1.54) is 25.6 Å². The van der Waals surface area contributed by atoms with E-state index in [1.54, 1.807) is 18.2 Å². The fourth-order valence-electron chi connectivity index (χ4n) is 6.51. The summed E-state index contributed by atoms with van der Waals surface area (Å²) in [5.74, 6) is 3.95. The van der Waals surface area contributed by atoms with E-state index in [2.05, 4.69) is 20.6 Å². The van der Waals surface area contributed by atoms with Crippen LogP contribution in [0.1, 0.15) is 38.5 Å². The first-order chi connectivity index (χ1) is 15.1.